The fourth-order valence-electron chi connectivity index (χ4n) is 5.61. The minimum Gasteiger partial charge on any atom is -0.480 e. The highest BCUT2D eigenvalue weighted by atomic mass is 32.2. The Hall–Kier alpha value is -3.75. The first-order valence-corrected chi connectivity index (χ1v) is 16.7. The Morgan fingerprint density at radius 2 is 1.86 bits per heavy atom. The number of hydrogen-bond acceptors (Lipinski definition) is 9. The lowest BCUT2D eigenvalue weighted by atomic mass is 10.0. The largest absolute Gasteiger partial charge is 0.480 e. The Kier molecular flexibility index (Phi) is 10.3. The first kappa shape index (κ1) is 31.7. The summed E-state index contributed by atoms with van der Waals surface area (Å²) in [5, 5.41) is 21.2. The Balaban J connectivity index is 1.03. The average molecular weight is 628 g/mol. The topological polar surface area (TPSA) is 173 Å². The fourth-order valence-corrected chi connectivity index (χ4v) is 7.18. The van der Waals surface area contributed by atoms with E-state index in [1.54, 1.807) is 18.2 Å². The summed E-state index contributed by atoms with van der Waals surface area (Å²) < 4.78 is 27.6. The van der Waals surface area contributed by atoms with Crippen LogP contribution in [0.3, 0.4) is 0 Å². The van der Waals surface area contributed by atoms with Gasteiger partial charge in [0.05, 0.1) is 10.8 Å². The molecule has 1 unspecified atom stereocenters. The molecule has 0 spiro atoms. The normalized spacial score (nSPS) is 18.0. The summed E-state index contributed by atoms with van der Waals surface area (Å²) in [4.78, 5) is 43.8. The Bertz CT molecular complexity index is 1460. The number of benzene rings is 1. The van der Waals surface area contributed by atoms with Crippen LogP contribution in [-0.4, -0.2) is 99.0 Å². The van der Waals surface area contributed by atoms with Crippen molar-refractivity contribution in [1.82, 2.24) is 25.2 Å². The van der Waals surface area contributed by atoms with E-state index in [0.29, 0.717) is 6.42 Å². The zero-order chi connectivity index (χ0) is 31.1. The van der Waals surface area contributed by atoms with Crippen LogP contribution in [0.2, 0.25) is 0 Å². The maximum atomic E-state index is 13.2. The van der Waals surface area contributed by atoms with E-state index in [2.05, 4.69) is 37.2 Å². The summed E-state index contributed by atoms with van der Waals surface area (Å²) in [7, 11) is -3.80. The smallest absolute Gasteiger partial charge is 0.328 e. The molecule has 238 valence electrons. The van der Waals surface area contributed by atoms with Gasteiger partial charge in [-0.1, -0.05) is 12.1 Å². The van der Waals surface area contributed by atoms with Gasteiger partial charge < -0.3 is 31.3 Å². The van der Waals surface area contributed by atoms with Gasteiger partial charge in [-0.25, -0.2) is 18.2 Å². The molecule has 44 heavy (non-hydrogen) atoms. The number of piperazine rings is 1. The molecule has 3 aliphatic rings. The first-order valence-electron chi connectivity index (χ1n) is 15.3. The van der Waals surface area contributed by atoms with E-state index >= 15 is 0 Å². The Labute approximate surface area is 257 Å². The molecule has 4 heterocycles. The second-order valence-corrected chi connectivity index (χ2v) is 13.4. The van der Waals surface area contributed by atoms with E-state index in [1.807, 2.05) is 12.1 Å². The van der Waals surface area contributed by atoms with Crippen LogP contribution in [0.4, 0.5) is 11.5 Å². The highest BCUT2D eigenvalue weighted by Gasteiger charge is 2.41. The summed E-state index contributed by atoms with van der Waals surface area (Å²) in [6.07, 6.45) is 4.49. The zero-order valence-electron chi connectivity index (χ0n) is 24.8. The van der Waals surface area contributed by atoms with Gasteiger partial charge in [-0.05, 0) is 61.9 Å². The number of aliphatic carboxylic acids is 1. The number of carbonyl (C=O) groups excluding carboxylic acids is 2. The van der Waals surface area contributed by atoms with Crippen molar-refractivity contribution in [3.63, 3.8) is 0 Å². The van der Waals surface area contributed by atoms with Crippen molar-refractivity contribution in [1.29, 1.82) is 0 Å². The monoisotopic (exact) mass is 627 g/mol. The molecule has 1 aromatic heterocycles. The molecule has 0 aliphatic carbocycles. The number of carbonyl (C=O) groups is 3. The maximum Gasteiger partial charge on any atom is 0.328 e. The molecule has 2 amide bonds. The number of aryl methyl sites for hydroxylation is 2. The van der Waals surface area contributed by atoms with Crippen molar-refractivity contribution in [3.05, 3.63) is 47.7 Å². The number of nitrogens with zero attached hydrogens (tertiary/aromatic N) is 3. The molecule has 5 rings (SSSR count). The molecule has 13 nitrogen and oxygen atoms in total. The average Bonchev–Trinajstić information content (AvgIpc) is 3.00. The van der Waals surface area contributed by atoms with Crippen LogP contribution < -0.4 is 26.2 Å². The third kappa shape index (κ3) is 7.85. The number of fused-ring (bicyclic) bond motifs is 1. The zero-order valence-corrected chi connectivity index (χ0v) is 25.6. The quantitative estimate of drug-likeness (QED) is 0.198. The van der Waals surface area contributed by atoms with Gasteiger partial charge in [0, 0.05) is 70.2 Å². The summed E-state index contributed by atoms with van der Waals surface area (Å²) >= 11 is 0. The number of rotatable bonds is 13. The first-order chi connectivity index (χ1) is 21.2. The van der Waals surface area contributed by atoms with E-state index in [4.69, 9.17) is 0 Å². The fraction of sp³-hybridized carbons (Fsp3) is 0.533. The van der Waals surface area contributed by atoms with E-state index in [1.165, 1.54) is 9.87 Å². The molecular formula is C30H41N7O6S. The van der Waals surface area contributed by atoms with Gasteiger partial charge in [0.25, 0.3) is 0 Å². The number of nitrogens with one attached hydrogen (secondary N) is 4. The standard InChI is InChI=1S/C30H41N7O6S/c38-27(9-2-1-6-23-11-10-21-5-4-12-32-28(21)34-23)33-18-26(30(40)41)35-29(39)22-19-37(20-22)44(42,43)25-8-3-7-24(17-25)36-15-13-31-14-16-36/h3,7-8,10-11,17,22,26,31H,1-2,4-6,9,12-16,18-20H2,(H,32,34)(H,33,38)(H,35,39)(H,40,41). The third-order valence-electron chi connectivity index (χ3n) is 8.31. The molecule has 1 atom stereocenters. The highest BCUT2D eigenvalue weighted by molar-refractivity contribution is 7.89. The van der Waals surface area contributed by atoms with E-state index < -0.39 is 33.9 Å². The lowest BCUT2D eigenvalue weighted by Crippen LogP contribution is -2.58. The van der Waals surface area contributed by atoms with Crippen molar-refractivity contribution < 1.29 is 27.9 Å². The summed E-state index contributed by atoms with van der Waals surface area (Å²) in [5.41, 5.74) is 3.03. The van der Waals surface area contributed by atoms with Gasteiger partial charge in [0.1, 0.15) is 11.9 Å². The van der Waals surface area contributed by atoms with Crippen LogP contribution in [0, 0.1) is 5.92 Å². The molecule has 0 saturated carbocycles. The number of pyridine rings is 1. The van der Waals surface area contributed by atoms with Crippen LogP contribution >= 0.6 is 0 Å². The van der Waals surface area contributed by atoms with Crippen molar-refractivity contribution >= 4 is 39.3 Å². The molecule has 2 fully saturated rings. The van der Waals surface area contributed by atoms with Gasteiger partial charge in [0.15, 0.2) is 0 Å². The van der Waals surface area contributed by atoms with Crippen molar-refractivity contribution in [2.75, 3.05) is 62.6 Å². The summed E-state index contributed by atoms with van der Waals surface area (Å²) in [5.74, 6) is -1.86. The van der Waals surface area contributed by atoms with Crippen molar-refractivity contribution in [3.8, 4) is 0 Å². The highest BCUT2D eigenvalue weighted by Crippen LogP contribution is 2.28. The van der Waals surface area contributed by atoms with Gasteiger partial charge in [0.2, 0.25) is 21.8 Å². The Morgan fingerprint density at radius 3 is 2.64 bits per heavy atom. The third-order valence-corrected chi connectivity index (χ3v) is 10.1. The van der Waals surface area contributed by atoms with Gasteiger partial charge in [-0.2, -0.15) is 4.31 Å². The molecule has 2 aromatic rings. The number of carboxylic acids is 1. The second-order valence-electron chi connectivity index (χ2n) is 11.5. The van der Waals surface area contributed by atoms with E-state index in [0.717, 1.165) is 75.6 Å². The number of hydrogen-bond donors (Lipinski definition) is 5. The lowest BCUT2D eigenvalue weighted by molar-refractivity contribution is -0.143. The Morgan fingerprint density at radius 1 is 1.07 bits per heavy atom. The lowest BCUT2D eigenvalue weighted by Gasteiger charge is -2.37. The maximum absolute atomic E-state index is 13.2. The van der Waals surface area contributed by atoms with Gasteiger partial charge in [-0.3, -0.25) is 9.59 Å². The van der Waals surface area contributed by atoms with Gasteiger partial charge >= 0.3 is 5.97 Å². The van der Waals surface area contributed by atoms with Crippen molar-refractivity contribution in [2.45, 2.75) is 49.5 Å². The number of aromatic nitrogens is 1. The number of sulfonamides is 1. The van der Waals surface area contributed by atoms with Crippen LogP contribution in [0.15, 0.2) is 41.3 Å². The molecule has 1 aromatic carbocycles. The van der Waals surface area contributed by atoms with Crippen LogP contribution in [0.1, 0.15) is 36.9 Å². The molecule has 3 aliphatic heterocycles. The molecule has 0 bridgehead atoms. The predicted octanol–water partition coefficient (Wildman–Crippen LogP) is 0.568. The molecule has 2 saturated heterocycles. The van der Waals surface area contributed by atoms with Crippen molar-refractivity contribution in [2.24, 2.45) is 5.92 Å². The number of carboxylic acid groups (broad SMARTS) is 1. The van der Waals surface area contributed by atoms with Crippen LogP contribution in [0.5, 0.6) is 0 Å². The van der Waals surface area contributed by atoms with Crippen LogP contribution in [0.25, 0.3) is 0 Å². The van der Waals surface area contributed by atoms with E-state index in [-0.39, 0.29) is 36.9 Å². The SMILES string of the molecule is O=C(CCCCc1ccc2c(n1)NCCC2)NCC(NC(=O)C1CN(S(=O)(=O)c2cccc(N3CCNCC3)c2)C1)C(=O)O. The minimum absolute atomic E-state index is 0.0418. The molecular weight excluding hydrogens is 586 g/mol. The summed E-state index contributed by atoms with van der Waals surface area (Å²) in [6, 6.07) is 9.59. The predicted molar refractivity (Wildman–Crippen MR) is 165 cm³/mol. The molecule has 5 N–H and O–H groups in total. The molecule has 14 heteroatoms. The summed E-state index contributed by atoms with van der Waals surface area (Å²) in [6.45, 7) is 3.80. The number of amides is 2. The van der Waals surface area contributed by atoms with E-state index in [9.17, 15) is 27.9 Å². The minimum atomic E-state index is -3.80. The number of unbranched alkanes of at least 4 members (excludes halogenated alkanes) is 1. The van der Waals surface area contributed by atoms with Gasteiger partial charge in [-0.15, -0.1) is 0 Å². The molecule has 0 radical (unpaired) electrons. The van der Waals surface area contributed by atoms with Crippen LogP contribution in [-0.2, 0) is 37.2 Å². The number of anilines is 2. The second kappa shape index (κ2) is 14.4.